The van der Waals surface area contributed by atoms with Gasteiger partial charge in [-0.1, -0.05) is 106 Å². The van der Waals surface area contributed by atoms with Gasteiger partial charge < -0.3 is 81.3 Å². The number of hydrogen-bond acceptors (Lipinski definition) is 17. The first-order valence-corrected chi connectivity index (χ1v) is 24.8. The van der Waals surface area contributed by atoms with E-state index in [4.69, 9.17) is 24.7 Å². The fraction of sp³-hybridized carbons (Fsp3) is 0.673. The summed E-state index contributed by atoms with van der Waals surface area (Å²) in [7, 11) is 0. The SMILES string of the molecule is CC(=O)CCNC(=O)N[C@H]1[C@@H]2C[C@@H](OC3OC(C)C(C)C(N)C3O)/C=C/C=C/C=C/C=C/C=C/C=C/C=C/[C@H](C)[C@@H](O)[C@@H](C)[C@H](C)OC(=O)C[C@H](O)C[C@H](O)CC[C@@H](O)[C@H](O)C[C@H](O)C[C@](O)(C[C@@H]1O)O2. The zero-order valence-corrected chi connectivity index (χ0v) is 42.0. The Hall–Kier alpha value is -3.93. The van der Waals surface area contributed by atoms with Crippen LogP contribution in [0.15, 0.2) is 85.1 Å². The van der Waals surface area contributed by atoms with Crippen molar-refractivity contribution in [2.45, 2.75) is 197 Å². The minimum atomic E-state index is -2.25. The number of urea groups is 1. The van der Waals surface area contributed by atoms with Crippen molar-refractivity contribution in [2.24, 2.45) is 23.5 Å². The van der Waals surface area contributed by atoms with Gasteiger partial charge in [0.25, 0.3) is 0 Å². The molecule has 13 N–H and O–H groups in total. The van der Waals surface area contributed by atoms with Gasteiger partial charge in [0, 0.05) is 56.5 Å². The van der Waals surface area contributed by atoms with Crippen molar-refractivity contribution in [1.82, 2.24) is 10.6 Å². The van der Waals surface area contributed by atoms with Crippen LogP contribution in [0.25, 0.3) is 0 Å². The van der Waals surface area contributed by atoms with E-state index in [1.54, 1.807) is 63.3 Å². The molecule has 0 aromatic rings. The number of esters is 1. The predicted octanol–water partition coefficient (Wildman–Crippen LogP) is 1.93. The van der Waals surface area contributed by atoms with Crippen LogP contribution in [0.4, 0.5) is 4.79 Å². The minimum Gasteiger partial charge on any atom is -0.462 e. The Bertz CT molecular complexity index is 1840. The van der Waals surface area contributed by atoms with Gasteiger partial charge in [-0.05, 0) is 46.0 Å². The van der Waals surface area contributed by atoms with Crippen molar-refractivity contribution in [3.8, 4) is 0 Å². The van der Waals surface area contributed by atoms with Crippen molar-refractivity contribution in [3.05, 3.63) is 85.1 Å². The molecule has 0 saturated carbocycles. The number of ether oxygens (including phenoxy) is 4. The topological polar surface area (TPSA) is 320 Å². The van der Waals surface area contributed by atoms with Gasteiger partial charge in [-0.25, -0.2) is 4.79 Å². The van der Waals surface area contributed by atoms with Crippen LogP contribution in [0.1, 0.15) is 99.3 Å². The Morgan fingerprint density at radius 3 is 1.90 bits per heavy atom. The first-order chi connectivity index (χ1) is 33.5. The van der Waals surface area contributed by atoms with Gasteiger partial charge in [-0.15, -0.1) is 0 Å². The molecule has 0 aromatic heterocycles. The number of cyclic esters (lactones) is 1. The summed E-state index contributed by atoms with van der Waals surface area (Å²) in [6.45, 7) is 10.3. The van der Waals surface area contributed by atoms with Crippen LogP contribution in [0.2, 0.25) is 0 Å². The summed E-state index contributed by atoms with van der Waals surface area (Å²) in [5.74, 6) is -4.08. The lowest BCUT2D eigenvalue weighted by Gasteiger charge is -2.46. The Balaban J connectivity index is 1.93. The number of carbonyl (C=O) groups excluding carboxylic acids is 3. The van der Waals surface area contributed by atoms with E-state index in [0.29, 0.717) is 0 Å². The molecule has 19 nitrogen and oxygen atoms in total. The monoisotopic (exact) mass is 1010 g/mol. The normalized spacial score (nSPS) is 42.5. The highest BCUT2D eigenvalue weighted by atomic mass is 16.7. The summed E-state index contributed by atoms with van der Waals surface area (Å²) in [4.78, 5) is 37.3. The van der Waals surface area contributed by atoms with Crippen LogP contribution in [0.3, 0.4) is 0 Å². The number of nitrogens with one attached hydrogen (secondary N) is 2. The van der Waals surface area contributed by atoms with Crippen molar-refractivity contribution >= 4 is 17.8 Å². The van der Waals surface area contributed by atoms with Crippen LogP contribution >= 0.6 is 0 Å². The summed E-state index contributed by atoms with van der Waals surface area (Å²) >= 11 is 0. The minimum absolute atomic E-state index is 0.00710. The lowest BCUT2D eigenvalue weighted by molar-refractivity contribution is -0.300. The number of fused-ring (bicyclic) bond motifs is 2. The van der Waals surface area contributed by atoms with Crippen LogP contribution < -0.4 is 16.4 Å². The summed E-state index contributed by atoms with van der Waals surface area (Å²) in [5.41, 5.74) is 6.34. The number of aliphatic hydroxyl groups excluding tert-OH is 8. The van der Waals surface area contributed by atoms with Crippen molar-refractivity contribution in [3.63, 3.8) is 0 Å². The van der Waals surface area contributed by atoms with E-state index in [-0.39, 0.29) is 56.3 Å². The summed E-state index contributed by atoms with van der Waals surface area (Å²) in [5, 5.41) is 105. The fourth-order valence-corrected chi connectivity index (χ4v) is 8.54. The maximum Gasteiger partial charge on any atom is 0.315 e. The number of aliphatic hydroxyl groups is 9. The summed E-state index contributed by atoms with van der Waals surface area (Å²) in [6.07, 6.45) is 7.24. The first-order valence-electron chi connectivity index (χ1n) is 24.8. The summed E-state index contributed by atoms with van der Waals surface area (Å²) < 4.78 is 24.1. The number of ketones is 1. The Morgan fingerprint density at radius 2 is 1.30 bits per heavy atom. The summed E-state index contributed by atoms with van der Waals surface area (Å²) in [6, 6.07) is -2.63. The first kappa shape index (κ1) is 61.4. The second kappa shape index (κ2) is 31.0. The molecule has 2 amide bonds. The van der Waals surface area contributed by atoms with Gasteiger partial charge in [-0.3, -0.25) is 9.59 Å². The zero-order chi connectivity index (χ0) is 52.8. The molecule has 2 bridgehead atoms. The van der Waals surface area contributed by atoms with E-state index in [1.165, 1.54) is 6.92 Å². The van der Waals surface area contributed by atoms with Gasteiger partial charge in [0.1, 0.15) is 18.0 Å². The maximum absolute atomic E-state index is 13.1. The molecule has 2 saturated heterocycles. The molecule has 0 aromatic carbocycles. The third-order valence-electron chi connectivity index (χ3n) is 13.3. The van der Waals surface area contributed by atoms with Gasteiger partial charge in [0.05, 0.1) is 73.5 Å². The maximum atomic E-state index is 13.1. The average molecular weight is 1010 g/mol. The van der Waals surface area contributed by atoms with Crippen molar-refractivity contribution < 1.29 is 79.3 Å². The Kier molecular flexibility index (Phi) is 26.8. The van der Waals surface area contributed by atoms with E-state index in [1.807, 2.05) is 56.4 Å². The van der Waals surface area contributed by atoms with Crippen LogP contribution in [0, 0.1) is 17.8 Å². The molecule has 3 rings (SSSR count). The molecule has 19 atom stereocenters. The van der Waals surface area contributed by atoms with E-state index in [2.05, 4.69) is 10.6 Å². The van der Waals surface area contributed by atoms with E-state index >= 15 is 0 Å². The number of rotatable bonds is 6. The molecule has 2 fully saturated rings. The van der Waals surface area contributed by atoms with E-state index < -0.39 is 141 Å². The lowest BCUT2D eigenvalue weighted by Crippen LogP contribution is -2.63. The number of carbonyl (C=O) groups is 3. The third-order valence-corrected chi connectivity index (χ3v) is 13.3. The molecule has 3 aliphatic rings. The molecule has 0 radical (unpaired) electrons. The highest BCUT2D eigenvalue weighted by Crippen LogP contribution is 2.36. The smallest absolute Gasteiger partial charge is 0.315 e. The zero-order valence-electron chi connectivity index (χ0n) is 42.0. The van der Waals surface area contributed by atoms with E-state index in [0.717, 1.165) is 0 Å². The van der Waals surface area contributed by atoms with Gasteiger partial charge in [0.2, 0.25) is 0 Å². The van der Waals surface area contributed by atoms with Crippen molar-refractivity contribution in [2.75, 3.05) is 6.54 Å². The molecule has 0 spiro atoms. The van der Waals surface area contributed by atoms with Crippen LogP contribution in [-0.2, 0) is 28.5 Å². The molecular weight excluding hydrogens is 923 g/mol. The largest absolute Gasteiger partial charge is 0.462 e. The molecule has 19 heteroatoms. The number of nitrogens with two attached hydrogens (primary N) is 1. The molecule has 71 heavy (non-hydrogen) atoms. The fourth-order valence-electron chi connectivity index (χ4n) is 8.54. The highest BCUT2D eigenvalue weighted by Gasteiger charge is 2.49. The molecule has 3 heterocycles. The van der Waals surface area contributed by atoms with Gasteiger partial charge >= 0.3 is 12.0 Å². The molecule has 3 aliphatic heterocycles. The molecule has 0 aliphatic carbocycles. The number of Topliss-reactive ketones (excluding diaryl/α,β-unsaturated/α-hetero) is 1. The number of allylic oxidation sites excluding steroid dienone is 12. The predicted molar refractivity (Wildman–Crippen MR) is 265 cm³/mol. The quantitative estimate of drug-likeness (QED) is 0.169. The molecular formula is C52H83N3O16. The van der Waals surface area contributed by atoms with Crippen LogP contribution in [0.5, 0.6) is 0 Å². The van der Waals surface area contributed by atoms with E-state index in [9.17, 15) is 60.3 Å². The highest BCUT2D eigenvalue weighted by molar-refractivity contribution is 5.78. The number of amides is 2. The molecule has 402 valence electrons. The Labute approximate surface area is 418 Å². The van der Waals surface area contributed by atoms with Crippen molar-refractivity contribution in [1.29, 1.82) is 0 Å². The van der Waals surface area contributed by atoms with Gasteiger partial charge in [0.15, 0.2) is 12.1 Å². The van der Waals surface area contributed by atoms with Gasteiger partial charge in [-0.2, -0.15) is 0 Å². The lowest BCUT2D eigenvalue weighted by atomic mass is 9.87. The Morgan fingerprint density at radius 1 is 0.704 bits per heavy atom. The standard InChI is InChI=1S/C52H83N3O16/c1-31-19-17-15-13-11-9-7-8-10-12-14-16-18-20-40(70-50-49(65)46(53)33(3)35(5)69-50)28-44-47(55-51(66)54-24-23-32(2)56)43(62)30-52(67,71-44)29-39(59)26-42(61)41(60)22-21-37(57)25-38(58)27-45(63)68-36(6)34(4)48(31)64/h7-20,31,33-44,46-50,57-62,64-65,67H,21-30,53H2,1-6H3,(H2,54,55,66)/b8-7+,11-9+,12-10+,15-13+,16-14+,19-17+,20-18+/t31-,33?,34-,35?,36-,37+,38+,39-,40-,41+,42+,43-,44-,46?,47+,48+,49?,50?,52+/m0/s1. The second-order valence-electron chi connectivity index (χ2n) is 19.5. The average Bonchev–Trinajstić information content (AvgIpc) is 3.28. The second-order valence-corrected chi connectivity index (χ2v) is 19.5. The third kappa shape index (κ3) is 22.0. The number of hydrogen-bond donors (Lipinski definition) is 12. The molecule has 5 unspecified atom stereocenters. The van der Waals surface area contributed by atoms with Crippen LogP contribution in [-0.4, -0.2) is 168 Å².